The predicted molar refractivity (Wildman–Crippen MR) is 62.0 cm³/mol. The van der Waals surface area contributed by atoms with Crippen molar-refractivity contribution in [3.63, 3.8) is 0 Å². The second-order valence-corrected chi connectivity index (χ2v) is 4.07. The maximum absolute atomic E-state index is 12.0. The monoisotopic (exact) mass is 235 g/mol. The third kappa shape index (κ3) is 1.93. The van der Waals surface area contributed by atoms with Crippen molar-refractivity contribution in [3.8, 4) is 0 Å². The van der Waals surface area contributed by atoms with Crippen molar-refractivity contribution in [1.82, 2.24) is 15.3 Å². The van der Waals surface area contributed by atoms with Gasteiger partial charge in [-0.2, -0.15) is 0 Å². The molecule has 2 rings (SSSR count). The Hall–Kier alpha value is -2.11. The second kappa shape index (κ2) is 4.04. The molecule has 0 radical (unpaired) electrons. The van der Waals surface area contributed by atoms with E-state index in [2.05, 4.69) is 15.3 Å². The van der Waals surface area contributed by atoms with Gasteiger partial charge in [-0.05, 0) is 20.8 Å². The first kappa shape index (κ1) is 11.4. The van der Waals surface area contributed by atoms with Gasteiger partial charge in [-0.25, -0.2) is 4.98 Å². The quantitative estimate of drug-likeness (QED) is 0.811. The molecule has 0 spiro atoms. The fraction of sp³-hybridized carbons (Fsp3) is 0.364. The smallest absolute Gasteiger partial charge is 0.262 e. The Bertz CT molecular complexity index is 624. The first-order chi connectivity index (χ1) is 8.00. The van der Waals surface area contributed by atoms with Gasteiger partial charge in [-0.1, -0.05) is 0 Å². The molecule has 0 atom stereocenters. The lowest BCUT2D eigenvalue weighted by molar-refractivity contribution is 0.0943. The Kier molecular flexibility index (Phi) is 2.71. The molecular formula is C11H13N3O3. The van der Waals surface area contributed by atoms with Crippen molar-refractivity contribution < 1.29 is 9.21 Å². The summed E-state index contributed by atoms with van der Waals surface area (Å²) in [5.41, 5.74) is 0.0592. The molecule has 90 valence electrons. The Morgan fingerprint density at radius 2 is 2.24 bits per heavy atom. The average Bonchev–Trinajstić information content (AvgIpc) is 2.54. The number of fused-ring (bicyclic) bond motifs is 1. The van der Waals surface area contributed by atoms with Gasteiger partial charge in [-0.15, -0.1) is 0 Å². The molecule has 0 aliphatic heterocycles. The number of aromatic nitrogens is 2. The van der Waals surface area contributed by atoms with Crippen LogP contribution in [0.25, 0.3) is 11.1 Å². The number of H-pyrrole nitrogens is 1. The standard InChI is InChI=1S/C11H13N3O3/c1-5(2)14-10(16)7-6(3)17-11-8(7)9(15)12-4-13-11/h4-5H,1-3H3,(H,14,16)(H,12,13,15). The Morgan fingerprint density at radius 1 is 1.53 bits per heavy atom. The molecule has 0 bridgehead atoms. The minimum Gasteiger partial charge on any atom is -0.442 e. The fourth-order valence-corrected chi connectivity index (χ4v) is 1.66. The fourth-order valence-electron chi connectivity index (χ4n) is 1.66. The first-order valence-electron chi connectivity index (χ1n) is 5.28. The summed E-state index contributed by atoms with van der Waals surface area (Å²) >= 11 is 0. The van der Waals surface area contributed by atoms with Crippen LogP contribution in [-0.2, 0) is 0 Å². The molecule has 2 aromatic rings. The Balaban J connectivity index is 2.64. The second-order valence-electron chi connectivity index (χ2n) is 4.07. The van der Waals surface area contributed by atoms with E-state index in [1.807, 2.05) is 13.8 Å². The highest BCUT2D eigenvalue weighted by Crippen LogP contribution is 2.20. The molecule has 0 aromatic carbocycles. The van der Waals surface area contributed by atoms with Crippen LogP contribution in [0.2, 0.25) is 0 Å². The number of aromatic amines is 1. The molecule has 2 heterocycles. The van der Waals surface area contributed by atoms with E-state index in [-0.39, 0.29) is 34.2 Å². The van der Waals surface area contributed by atoms with E-state index < -0.39 is 0 Å². The van der Waals surface area contributed by atoms with E-state index in [9.17, 15) is 9.59 Å². The number of hydrogen-bond acceptors (Lipinski definition) is 4. The number of furan rings is 1. The number of hydrogen-bond donors (Lipinski definition) is 2. The summed E-state index contributed by atoms with van der Waals surface area (Å²) in [6, 6.07) is -0.0115. The van der Waals surface area contributed by atoms with Crippen LogP contribution < -0.4 is 10.9 Å². The van der Waals surface area contributed by atoms with Gasteiger partial charge in [-0.3, -0.25) is 9.59 Å². The van der Waals surface area contributed by atoms with E-state index in [4.69, 9.17) is 4.42 Å². The van der Waals surface area contributed by atoms with Crippen LogP contribution in [0.1, 0.15) is 30.0 Å². The van der Waals surface area contributed by atoms with Crippen molar-refractivity contribution in [2.45, 2.75) is 26.8 Å². The topological polar surface area (TPSA) is 88.0 Å². The van der Waals surface area contributed by atoms with Crippen molar-refractivity contribution in [3.05, 3.63) is 28.0 Å². The van der Waals surface area contributed by atoms with Crippen molar-refractivity contribution in [2.75, 3.05) is 0 Å². The lowest BCUT2D eigenvalue weighted by atomic mass is 10.1. The molecule has 0 unspecified atom stereocenters. The summed E-state index contributed by atoms with van der Waals surface area (Å²) in [6.07, 6.45) is 1.25. The minimum absolute atomic E-state index is 0.0115. The summed E-state index contributed by atoms with van der Waals surface area (Å²) in [7, 11) is 0. The molecule has 6 nitrogen and oxygen atoms in total. The largest absolute Gasteiger partial charge is 0.442 e. The van der Waals surface area contributed by atoms with Gasteiger partial charge in [0, 0.05) is 6.04 Å². The number of aryl methyl sites for hydroxylation is 1. The molecule has 17 heavy (non-hydrogen) atoms. The lowest BCUT2D eigenvalue weighted by Crippen LogP contribution is -2.31. The highest BCUT2D eigenvalue weighted by atomic mass is 16.3. The highest BCUT2D eigenvalue weighted by Gasteiger charge is 2.21. The third-order valence-corrected chi connectivity index (χ3v) is 2.32. The normalized spacial score (nSPS) is 11.1. The summed E-state index contributed by atoms with van der Waals surface area (Å²) < 4.78 is 5.29. The molecule has 0 saturated heterocycles. The van der Waals surface area contributed by atoms with Crippen LogP contribution in [0.3, 0.4) is 0 Å². The number of nitrogens with zero attached hydrogens (tertiary/aromatic N) is 1. The molecule has 0 saturated carbocycles. The minimum atomic E-state index is -0.374. The van der Waals surface area contributed by atoms with Gasteiger partial charge in [0.05, 0.1) is 11.9 Å². The molecule has 2 aromatic heterocycles. The summed E-state index contributed by atoms with van der Waals surface area (Å²) in [6.45, 7) is 5.33. The first-order valence-corrected chi connectivity index (χ1v) is 5.28. The van der Waals surface area contributed by atoms with Gasteiger partial charge < -0.3 is 14.7 Å². The van der Waals surface area contributed by atoms with Gasteiger partial charge >= 0.3 is 0 Å². The highest BCUT2D eigenvalue weighted by molar-refractivity contribution is 6.06. The maximum atomic E-state index is 12.0. The van der Waals surface area contributed by atoms with Crippen LogP contribution in [0, 0.1) is 6.92 Å². The van der Waals surface area contributed by atoms with E-state index >= 15 is 0 Å². The molecule has 6 heteroatoms. The molecule has 0 aliphatic rings. The predicted octanol–water partition coefficient (Wildman–Crippen LogP) is 0.963. The van der Waals surface area contributed by atoms with Gasteiger partial charge in [0.2, 0.25) is 5.71 Å². The average molecular weight is 235 g/mol. The van der Waals surface area contributed by atoms with E-state index in [1.54, 1.807) is 6.92 Å². The zero-order valence-electron chi connectivity index (χ0n) is 9.83. The molecule has 1 amide bonds. The summed E-state index contributed by atoms with van der Waals surface area (Å²) in [4.78, 5) is 29.9. The van der Waals surface area contributed by atoms with Crippen LogP contribution in [0.15, 0.2) is 15.5 Å². The van der Waals surface area contributed by atoms with E-state index in [0.717, 1.165) is 0 Å². The molecular weight excluding hydrogens is 222 g/mol. The van der Waals surface area contributed by atoms with Gasteiger partial charge in [0.1, 0.15) is 11.1 Å². The Labute approximate surface area is 97.0 Å². The van der Waals surface area contributed by atoms with Gasteiger partial charge in [0.15, 0.2) is 0 Å². The van der Waals surface area contributed by atoms with E-state index in [1.165, 1.54) is 6.33 Å². The zero-order valence-corrected chi connectivity index (χ0v) is 9.83. The Morgan fingerprint density at radius 3 is 2.88 bits per heavy atom. The van der Waals surface area contributed by atoms with E-state index in [0.29, 0.717) is 5.76 Å². The van der Waals surface area contributed by atoms with Gasteiger partial charge in [0.25, 0.3) is 11.5 Å². The number of rotatable bonds is 2. The van der Waals surface area contributed by atoms with Crippen molar-refractivity contribution in [2.24, 2.45) is 0 Å². The third-order valence-electron chi connectivity index (χ3n) is 2.32. The van der Waals surface area contributed by atoms with Crippen molar-refractivity contribution >= 4 is 17.0 Å². The zero-order chi connectivity index (χ0) is 12.6. The SMILES string of the molecule is Cc1oc2nc[nH]c(=O)c2c1C(=O)NC(C)C. The van der Waals surface area contributed by atoms with Crippen LogP contribution >= 0.6 is 0 Å². The maximum Gasteiger partial charge on any atom is 0.262 e. The number of amides is 1. The summed E-state index contributed by atoms with van der Waals surface area (Å²) in [5.74, 6) is 0.0668. The number of carbonyl (C=O) groups excluding carboxylic acids is 1. The van der Waals surface area contributed by atoms with Crippen LogP contribution in [-0.4, -0.2) is 21.9 Å². The molecule has 0 fully saturated rings. The van der Waals surface area contributed by atoms with Crippen LogP contribution in [0.4, 0.5) is 0 Å². The van der Waals surface area contributed by atoms with Crippen molar-refractivity contribution in [1.29, 1.82) is 0 Å². The lowest BCUT2D eigenvalue weighted by Gasteiger charge is -2.06. The number of nitrogens with one attached hydrogen (secondary N) is 2. The number of carbonyl (C=O) groups is 1. The summed E-state index contributed by atoms with van der Waals surface area (Å²) in [5, 5.41) is 2.92. The molecule has 2 N–H and O–H groups in total. The van der Waals surface area contributed by atoms with Crippen LogP contribution in [0.5, 0.6) is 0 Å². The molecule has 0 aliphatic carbocycles.